The average Bonchev–Trinajstić information content (AvgIpc) is 3.07. The fourth-order valence-electron chi connectivity index (χ4n) is 2.17. The molecule has 1 aromatic rings. The van der Waals surface area contributed by atoms with Crippen molar-refractivity contribution < 1.29 is 4.79 Å². The van der Waals surface area contributed by atoms with Crippen LogP contribution in [0.2, 0.25) is 0 Å². The van der Waals surface area contributed by atoms with Gasteiger partial charge in [0.15, 0.2) is 0 Å². The van der Waals surface area contributed by atoms with Gasteiger partial charge in [-0.25, -0.2) is 0 Å². The lowest BCUT2D eigenvalue weighted by molar-refractivity contribution is -0.117. The van der Waals surface area contributed by atoms with E-state index in [2.05, 4.69) is 11.0 Å². The van der Waals surface area contributed by atoms with Crippen molar-refractivity contribution in [3.05, 3.63) is 24.3 Å². The summed E-state index contributed by atoms with van der Waals surface area (Å²) >= 11 is 0. The molecule has 0 spiro atoms. The molecule has 0 atom stereocenters. The number of carbonyl (C=O) groups is 1. The number of nitrogens with zero attached hydrogens (tertiary/aromatic N) is 2. The van der Waals surface area contributed by atoms with Crippen molar-refractivity contribution in [2.45, 2.75) is 18.9 Å². The second kappa shape index (κ2) is 2.99. The Balaban J connectivity index is 2.08. The van der Waals surface area contributed by atoms with E-state index in [0.717, 1.165) is 5.69 Å². The van der Waals surface area contributed by atoms with Gasteiger partial charge in [0.2, 0.25) is 5.91 Å². The van der Waals surface area contributed by atoms with E-state index in [1.807, 2.05) is 25.2 Å². The second-order valence-electron chi connectivity index (χ2n) is 4.30. The topological polar surface area (TPSA) is 23.6 Å². The summed E-state index contributed by atoms with van der Waals surface area (Å²) in [6.45, 7) is 0.540. The zero-order valence-electron chi connectivity index (χ0n) is 8.81. The zero-order valence-corrected chi connectivity index (χ0v) is 8.81. The molecule has 1 aromatic carbocycles. The summed E-state index contributed by atoms with van der Waals surface area (Å²) in [7, 11) is 1.85. The Bertz CT molecular complexity index is 412. The van der Waals surface area contributed by atoms with E-state index in [4.69, 9.17) is 0 Å². The fourth-order valence-corrected chi connectivity index (χ4v) is 2.17. The monoisotopic (exact) mass is 202 g/mol. The van der Waals surface area contributed by atoms with Crippen LogP contribution < -0.4 is 9.80 Å². The summed E-state index contributed by atoms with van der Waals surface area (Å²) in [6.07, 6.45) is 2.46. The van der Waals surface area contributed by atoms with Gasteiger partial charge in [-0.1, -0.05) is 12.1 Å². The maximum atomic E-state index is 11.8. The number of hydrogen-bond acceptors (Lipinski definition) is 2. The largest absolute Gasteiger partial charge is 0.358 e. The summed E-state index contributed by atoms with van der Waals surface area (Å²) in [5.41, 5.74) is 2.25. The number of hydrogen-bond donors (Lipinski definition) is 0. The Morgan fingerprint density at radius 2 is 1.87 bits per heavy atom. The van der Waals surface area contributed by atoms with Crippen LogP contribution in [0, 0.1) is 0 Å². The van der Waals surface area contributed by atoms with Crippen LogP contribution in [-0.2, 0) is 4.79 Å². The molecule has 0 N–H and O–H groups in total. The summed E-state index contributed by atoms with van der Waals surface area (Å²) in [6, 6.07) is 8.75. The molecule has 0 unspecified atom stereocenters. The number of likely N-dealkylation sites (N-methyl/N-ethyl adjacent to an activating group) is 1. The van der Waals surface area contributed by atoms with Gasteiger partial charge in [0.1, 0.15) is 0 Å². The molecule has 78 valence electrons. The lowest BCUT2D eigenvalue weighted by atomic mass is 10.1. The quantitative estimate of drug-likeness (QED) is 0.691. The smallest absolute Gasteiger partial charge is 0.246 e. The van der Waals surface area contributed by atoms with Crippen LogP contribution in [0.5, 0.6) is 0 Å². The van der Waals surface area contributed by atoms with Crippen molar-refractivity contribution >= 4 is 17.3 Å². The Morgan fingerprint density at radius 1 is 1.20 bits per heavy atom. The molecule has 0 bridgehead atoms. The van der Waals surface area contributed by atoms with Crippen molar-refractivity contribution in [1.29, 1.82) is 0 Å². The highest BCUT2D eigenvalue weighted by Gasteiger charge is 2.36. The predicted octanol–water partition coefficient (Wildman–Crippen LogP) is 1.63. The summed E-state index contributed by atoms with van der Waals surface area (Å²) < 4.78 is 0. The molecule has 3 rings (SSSR count). The minimum atomic E-state index is 0.195. The van der Waals surface area contributed by atoms with Crippen molar-refractivity contribution in [1.82, 2.24) is 0 Å². The fraction of sp³-hybridized carbons (Fsp3) is 0.417. The molecule has 2 aliphatic rings. The van der Waals surface area contributed by atoms with Crippen LogP contribution in [0.15, 0.2) is 24.3 Å². The molecule has 1 aliphatic heterocycles. The van der Waals surface area contributed by atoms with Crippen molar-refractivity contribution in [3.8, 4) is 0 Å². The first-order valence-electron chi connectivity index (χ1n) is 5.39. The number of fused-ring (bicyclic) bond motifs is 1. The highest BCUT2D eigenvalue weighted by Crippen LogP contribution is 2.39. The third kappa shape index (κ3) is 1.30. The minimum Gasteiger partial charge on any atom is -0.358 e. The van der Waals surface area contributed by atoms with E-state index in [0.29, 0.717) is 12.6 Å². The van der Waals surface area contributed by atoms with Crippen molar-refractivity contribution in [3.63, 3.8) is 0 Å². The maximum absolute atomic E-state index is 11.8. The molecule has 15 heavy (non-hydrogen) atoms. The van der Waals surface area contributed by atoms with E-state index in [9.17, 15) is 4.79 Å². The van der Waals surface area contributed by atoms with Crippen molar-refractivity contribution in [2.24, 2.45) is 0 Å². The molecular weight excluding hydrogens is 188 g/mol. The lowest BCUT2D eigenvalue weighted by Crippen LogP contribution is -2.44. The van der Waals surface area contributed by atoms with Gasteiger partial charge < -0.3 is 9.80 Å². The standard InChI is InChI=1S/C12H14N2O/c1-13-10-4-2-3-5-11(10)14(8-12(13)15)9-6-7-9/h2-5,9H,6-8H2,1H3. The van der Waals surface area contributed by atoms with Crippen LogP contribution in [0.1, 0.15) is 12.8 Å². The summed E-state index contributed by atoms with van der Waals surface area (Å²) in [5, 5.41) is 0. The molecule has 3 heteroatoms. The average molecular weight is 202 g/mol. The molecule has 0 aromatic heterocycles. The molecule has 0 saturated heterocycles. The summed E-state index contributed by atoms with van der Waals surface area (Å²) in [4.78, 5) is 15.8. The first kappa shape index (κ1) is 8.77. The SMILES string of the molecule is CN1C(=O)CN(C2CC2)c2ccccc21. The first-order chi connectivity index (χ1) is 7.27. The van der Waals surface area contributed by atoms with Crippen LogP contribution in [0.3, 0.4) is 0 Å². The van der Waals surface area contributed by atoms with Gasteiger partial charge in [0.05, 0.1) is 17.9 Å². The molecule has 1 heterocycles. The molecule has 1 amide bonds. The Morgan fingerprint density at radius 3 is 2.53 bits per heavy atom. The Kier molecular flexibility index (Phi) is 1.75. The van der Waals surface area contributed by atoms with Gasteiger partial charge in [-0.2, -0.15) is 0 Å². The molecule has 1 fully saturated rings. The Hall–Kier alpha value is -1.51. The van der Waals surface area contributed by atoms with E-state index in [1.54, 1.807) is 4.90 Å². The summed E-state index contributed by atoms with van der Waals surface area (Å²) in [5.74, 6) is 0.195. The van der Waals surface area contributed by atoms with Crippen molar-refractivity contribution in [2.75, 3.05) is 23.4 Å². The number of para-hydroxylation sites is 2. The number of carbonyl (C=O) groups excluding carboxylic acids is 1. The lowest BCUT2D eigenvalue weighted by Gasteiger charge is -2.35. The van der Waals surface area contributed by atoms with E-state index in [-0.39, 0.29) is 5.91 Å². The number of rotatable bonds is 1. The van der Waals surface area contributed by atoms with Gasteiger partial charge in [-0.05, 0) is 25.0 Å². The predicted molar refractivity (Wildman–Crippen MR) is 60.2 cm³/mol. The van der Waals surface area contributed by atoms with Crippen LogP contribution in [0.25, 0.3) is 0 Å². The third-order valence-electron chi connectivity index (χ3n) is 3.22. The number of amides is 1. The number of anilines is 2. The highest BCUT2D eigenvalue weighted by molar-refractivity contribution is 6.02. The van der Waals surface area contributed by atoms with Crippen LogP contribution in [-0.4, -0.2) is 25.5 Å². The second-order valence-corrected chi connectivity index (χ2v) is 4.30. The Labute approximate surface area is 89.3 Å². The van der Waals surface area contributed by atoms with Gasteiger partial charge in [0.25, 0.3) is 0 Å². The van der Waals surface area contributed by atoms with Gasteiger partial charge in [-0.15, -0.1) is 0 Å². The molecule has 3 nitrogen and oxygen atoms in total. The van der Waals surface area contributed by atoms with E-state index in [1.165, 1.54) is 18.5 Å². The van der Waals surface area contributed by atoms with Gasteiger partial charge in [-0.3, -0.25) is 4.79 Å². The van der Waals surface area contributed by atoms with Crippen LogP contribution >= 0.6 is 0 Å². The normalized spacial score (nSPS) is 20.5. The minimum absolute atomic E-state index is 0.195. The first-order valence-corrected chi connectivity index (χ1v) is 5.39. The third-order valence-corrected chi connectivity index (χ3v) is 3.22. The molecule has 1 saturated carbocycles. The number of benzene rings is 1. The van der Waals surface area contributed by atoms with Gasteiger partial charge >= 0.3 is 0 Å². The van der Waals surface area contributed by atoms with Gasteiger partial charge in [0, 0.05) is 13.1 Å². The maximum Gasteiger partial charge on any atom is 0.246 e. The van der Waals surface area contributed by atoms with E-state index < -0.39 is 0 Å². The van der Waals surface area contributed by atoms with E-state index >= 15 is 0 Å². The highest BCUT2D eigenvalue weighted by atomic mass is 16.2. The molecular formula is C12H14N2O. The van der Waals surface area contributed by atoms with Crippen LogP contribution in [0.4, 0.5) is 11.4 Å². The molecule has 1 aliphatic carbocycles. The molecule has 0 radical (unpaired) electrons. The zero-order chi connectivity index (χ0) is 10.4.